The molecule has 19 heavy (non-hydrogen) atoms. The molecule has 1 saturated heterocycles. The smallest absolute Gasteiger partial charge is 0.317 e. The zero-order valence-corrected chi connectivity index (χ0v) is 11.2. The molecule has 0 saturated carbocycles. The van der Waals surface area contributed by atoms with Gasteiger partial charge in [0.25, 0.3) is 0 Å². The third-order valence-corrected chi connectivity index (χ3v) is 3.83. The van der Waals surface area contributed by atoms with Crippen molar-refractivity contribution in [2.45, 2.75) is 4.99 Å². The normalized spacial score (nSPS) is 23.4. The highest BCUT2D eigenvalue weighted by Gasteiger charge is 2.39. The first kappa shape index (κ1) is 13.9. The molecule has 2 rings (SSSR count). The Labute approximate surface area is 116 Å². The van der Waals surface area contributed by atoms with Gasteiger partial charge in [0.2, 0.25) is 0 Å². The van der Waals surface area contributed by atoms with Crippen LogP contribution in [0.2, 0.25) is 0 Å². The molecule has 6 nitrogen and oxygen atoms in total. The molecule has 1 heterocycles. The van der Waals surface area contributed by atoms with Crippen LogP contribution in [-0.4, -0.2) is 41.4 Å². The van der Waals surface area contributed by atoms with Crippen molar-refractivity contribution >= 4 is 24.4 Å². The van der Waals surface area contributed by atoms with Crippen molar-refractivity contribution in [3.05, 3.63) is 35.4 Å². The van der Waals surface area contributed by atoms with Crippen molar-refractivity contribution in [2.24, 2.45) is 5.73 Å². The van der Waals surface area contributed by atoms with E-state index in [9.17, 15) is 4.79 Å². The van der Waals surface area contributed by atoms with Crippen LogP contribution in [0.25, 0.3) is 0 Å². The lowest BCUT2D eigenvalue weighted by molar-refractivity contribution is -0.138. The number of carboxylic acids is 1. The van der Waals surface area contributed by atoms with E-state index in [0.717, 1.165) is 5.56 Å². The van der Waals surface area contributed by atoms with Gasteiger partial charge >= 0.3 is 5.97 Å². The van der Waals surface area contributed by atoms with Crippen LogP contribution in [-0.2, 0) is 9.79 Å². The van der Waals surface area contributed by atoms with Crippen LogP contribution in [0.15, 0.2) is 24.3 Å². The predicted octanol–water partition coefficient (Wildman–Crippen LogP) is 0.000570. The third-order valence-electron chi connectivity index (χ3n) is 3.14. The Balaban J connectivity index is 2.27. The second kappa shape index (κ2) is 5.20. The fourth-order valence-electron chi connectivity index (χ4n) is 2.16. The molecule has 0 spiro atoms. The number of nitrogens with zero attached hydrogens (tertiary/aromatic N) is 1. The summed E-state index contributed by atoms with van der Waals surface area (Å²) in [6, 6.07) is 7.07. The van der Waals surface area contributed by atoms with Crippen molar-refractivity contribution in [1.82, 2.24) is 10.2 Å². The molecule has 0 radical (unpaired) electrons. The average Bonchev–Trinajstić information content (AvgIpc) is 2.71. The van der Waals surface area contributed by atoms with Crippen LogP contribution in [0.3, 0.4) is 0 Å². The number of nitrogen functional groups attached to an aromatic ring is 1. The van der Waals surface area contributed by atoms with Crippen molar-refractivity contribution < 1.29 is 9.90 Å². The summed E-state index contributed by atoms with van der Waals surface area (Å²) in [5.41, 5.74) is 6.87. The summed E-state index contributed by atoms with van der Waals surface area (Å²) in [7, 11) is 0. The van der Waals surface area contributed by atoms with Crippen molar-refractivity contribution in [3.63, 3.8) is 0 Å². The van der Waals surface area contributed by atoms with E-state index in [1.807, 2.05) is 0 Å². The van der Waals surface area contributed by atoms with Gasteiger partial charge in [-0.2, -0.15) is 0 Å². The summed E-state index contributed by atoms with van der Waals surface area (Å²) in [6.07, 6.45) is 0. The highest BCUT2D eigenvalue weighted by Crippen LogP contribution is 2.32. The van der Waals surface area contributed by atoms with E-state index in [2.05, 4.69) is 17.9 Å². The van der Waals surface area contributed by atoms with Gasteiger partial charge in [-0.05, 0) is 5.56 Å². The molecule has 1 aliphatic rings. The first-order valence-corrected chi connectivity index (χ1v) is 6.27. The maximum absolute atomic E-state index is 10.9. The first-order chi connectivity index (χ1) is 8.93. The topological polar surface area (TPSA) is 102 Å². The molecule has 1 aromatic carbocycles. The predicted molar refractivity (Wildman–Crippen MR) is 75.3 cm³/mol. The van der Waals surface area contributed by atoms with E-state index in [1.165, 1.54) is 0 Å². The van der Waals surface area contributed by atoms with Gasteiger partial charge in [-0.25, -0.2) is 0 Å². The lowest BCUT2D eigenvalue weighted by Gasteiger charge is -2.33. The molecule has 102 valence electrons. The maximum Gasteiger partial charge on any atom is 0.317 e. The minimum absolute atomic E-state index is 0.00142. The molecule has 1 unspecified atom stereocenters. The molecule has 7 heteroatoms. The second-order valence-electron chi connectivity index (χ2n) is 4.41. The first-order valence-electron chi connectivity index (χ1n) is 5.82. The molecule has 0 aromatic heterocycles. The third kappa shape index (κ3) is 2.73. The van der Waals surface area contributed by atoms with E-state index in [0.29, 0.717) is 18.7 Å². The number of nitrogens with two attached hydrogens (primary N) is 1. The molecule has 0 bridgehead atoms. The molecular weight excluding hydrogens is 264 g/mol. The quantitative estimate of drug-likeness (QED) is 0.303. The largest absolute Gasteiger partial charge is 0.480 e. The van der Waals surface area contributed by atoms with Gasteiger partial charge in [-0.15, -0.1) is 12.6 Å². The fraction of sp³-hybridized carbons (Fsp3) is 0.333. The summed E-state index contributed by atoms with van der Waals surface area (Å²) in [5.74, 6) is -0.885. The monoisotopic (exact) mass is 280 g/mol. The standard InChI is InChI=1S/C12H16N4O2S/c13-11(14)8-1-3-9(4-2-8)12(19)15-5-6-16(12)7-10(17)18/h1-4,15,19H,5-7H2,(H3,13,14)(H,17,18). The minimum atomic E-state index is -0.887. The number of amidine groups is 1. The van der Waals surface area contributed by atoms with E-state index < -0.39 is 11.0 Å². The number of nitrogens with one attached hydrogen (secondary N) is 2. The highest BCUT2D eigenvalue weighted by atomic mass is 32.1. The van der Waals surface area contributed by atoms with Crippen LogP contribution < -0.4 is 11.1 Å². The van der Waals surface area contributed by atoms with Gasteiger partial charge in [-0.3, -0.25) is 20.4 Å². The molecule has 0 aliphatic carbocycles. The number of benzene rings is 1. The van der Waals surface area contributed by atoms with E-state index in [1.54, 1.807) is 29.2 Å². The van der Waals surface area contributed by atoms with Crippen LogP contribution in [0.5, 0.6) is 0 Å². The second-order valence-corrected chi connectivity index (χ2v) is 5.05. The number of carbonyl (C=O) groups is 1. The summed E-state index contributed by atoms with van der Waals surface area (Å²) in [5, 5.41) is 19.5. The summed E-state index contributed by atoms with van der Waals surface area (Å²) >= 11 is 4.59. The van der Waals surface area contributed by atoms with Gasteiger partial charge < -0.3 is 10.8 Å². The van der Waals surface area contributed by atoms with Crippen LogP contribution in [0, 0.1) is 5.41 Å². The lowest BCUT2D eigenvalue weighted by atomic mass is 10.1. The van der Waals surface area contributed by atoms with Crippen LogP contribution >= 0.6 is 12.6 Å². The zero-order chi connectivity index (χ0) is 14.0. The molecule has 0 amide bonds. The van der Waals surface area contributed by atoms with Gasteiger partial charge in [0.15, 0.2) is 0 Å². The number of hydrogen-bond donors (Lipinski definition) is 5. The van der Waals surface area contributed by atoms with Crippen molar-refractivity contribution in [1.29, 1.82) is 5.41 Å². The van der Waals surface area contributed by atoms with E-state index in [-0.39, 0.29) is 12.4 Å². The van der Waals surface area contributed by atoms with Crippen molar-refractivity contribution in [3.8, 4) is 0 Å². The summed E-state index contributed by atoms with van der Waals surface area (Å²) in [4.78, 5) is 11.8. The molecule has 1 aliphatic heterocycles. The number of hydrogen-bond acceptors (Lipinski definition) is 5. The number of thiol groups is 1. The van der Waals surface area contributed by atoms with Gasteiger partial charge in [0.05, 0.1) is 6.54 Å². The molecular formula is C12H16N4O2S. The zero-order valence-electron chi connectivity index (χ0n) is 10.3. The van der Waals surface area contributed by atoms with Gasteiger partial charge in [0.1, 0.15) is 10.8 Å². The van der Waals surface area contributed by atoms with Crippen LogP contribution in [0.1, 0.15) is 11.1 Å². The van der Waals surface area contributed by atoms with Gasteiger partial charge in [-0.1, -0.05) is 24.3 Å². The summed E-state index contributed by atoms with van der Waals surface area (Å²) in [6.45, 7) is 1.21. The average molecular weight is 280 g/mol. The fourth-order valence-corrected chi connectivity index (χ4v) is 2.59. The SMILES string of the molecule is N=C(N)c1ccc(C2(S)NCCN2CC(=O)O)cc1. The Morgan fingerprint density at radius 3 is 2.68 bits per heavy atom. The molecule has 1 fully saturated rings. The van der Waals surface area contributed by atoms with Crippen LogP contribution in [0.4, 0.5) is 0 Å². The number of rotatable bonds is 4. The Bertz CT molecular complexity index is 505. The Morgan fingerprint density at radius 1 is 1.53 bits per heavy atom. The Morgan fingerprint density at radius 2 is 2.16 bits per heavy atom. The number of aliphatic carboxylic acids is 1. The van der Waals surface area contributed by atoms with Gasteiger partial charge in [0, 0.05) is 18.7 Å². The van der Waals surface area contributed by atoms with Crippen molar-refractivity contribution in [2.75, 3.05) is 19.6 Å². The van der Waals surface area contributed by atoms with E-state index in [4.69, 9.17) is 16.2 Å². The Kier molecular flexibility index (Phi) is 3.79. The van der Waals surface area contributed by atoms with E-state index >= 15 is 0 Å². The highest BCUT2D eigenvalue weighted by molar-refractivity contribution is 7.81. The lowest BCUT2D eigenvalue weighted by Crippen LogP contribution is -2.45. The minimum Gasteiger partial charge on any atom is -0.480 e. The Hall–Kier alpha value is -1.57. The molecule has 1 aromatic rings. The molecule has 5 N–H and O–H groups in total. The molecule has 1 atom stereocenters. The number of carboxylic acid groups (broad SMARTS) is 1. The summed E-state index contributed by atoms with van der Waals surface area (Å²) < 4.78 is 0. The maximum atomic E-state index is 10.9.